The Kier molecular flexibility index (Phi) is 2.98. The van der Waals surface area contributed by atoms with Crippen LogP contribution in [0.4, 0.5) is 0 Å². The van der Waals surface area contributed by atoms with Gasteiger partial charge in [-0.3, -0.25) is 0 Å². The summed E-state index contributed by atoms with van der Waals surface area (Å²) in [6, 6.07) is 0.843. The minimum atomic E-state index is 0.604. The standard InChI is InChI=1S/C13H23NO/c1-2-12(3-1)15-9-8-14-13(10-4-5-10)11-6-7-11/h10-14H,1-9H2. The third-order valence-corrected chi connectivity index (χ3v) is 4.15. The summed E-state index contributed by atoms with van der Waals surface area (Å²) in [5.41, 5.74) is 0. The van der Waals surface area contributed by atoms with Crippen LogP contribution >= 0.6 is 0 Å². The molecule has 0 radical (unpaired) electrons. The van der Waals surface area contributed by atoms with Crippen LogP contribution in [-0.2, 0) is 4.74 Å². The Balaban J connectivity index is 1.29. The van der Waals surface area contributed by atoms with Gasteiger partial charge in [-0.25, -0.2) is 0 Å². The van der Waals surface area contributed by atoms with Gasteiger partial charge in [0.05, 0.1) is 12.7 Å². The van der Waals surface area contributed by atoms with Crippen molar-refractivity contribution in [2.24, 2.45) is 11.8 Å². The van der Waals surface area contributed by atoms with Crippen molar-refractivity contribution in [3.63, 3.8) is 0 Å². The van der Waals surface area contributed by atoms with E-state index in [1.807, 2.05) is 0 Å². The first-order valence-corrected chi connectivity index (χ1v) is 6.78. The molecule has 0 amide bonds. The van der Waals surface area contributed by atoms with Crippen LogP contribution in [0.15, 0.2) is 0 Å². The van der Waals surface area contributed by atoms with E-state index in [0.717, 1.165) is 31.0 Å². The van der Waals surface area contributed by atoms with E-state index < -0.39 is 0 Å². The molecule has 3 fully saturated rings. The Labute approximate surface area is 92.8 Å². The van der Waals surface area contributed by atoms with Crippen LogP contribution in [0, 0.1) is 11.8 Å². The van der Waals surface area contributed by atoms with Crippen molar-refractivity contribution < 1.29 is 4.74 Å². The summed E-state index contributed by atoms with van der Waals surface area (Å²) in [5.74, 6) is 2.03. The minimum Gasteiger partial charge on any atom is -0.377 e. The number of ether oxygens (including phenoxy) is 1. The zero-order valence-electron chi connectivity index (χ0n) is 9.58. The summed E-state index contributed by atoms with van der Waals surface area (Å²) < 4.78 is 5.77. The zero-order chi connectivity index (χ0) is 10.1. The van der Waals surface area contributed by atoms with Crippen LogP contribution in [-0.4, -0.2) is 25.3 Å². The van der Waals surface area contributed by atoms with Gasteiger partial charge in [0.15, 0.2) is 0 Å². The fourth-order valence-electron chi connectivity index (χ4n) is 2.62. The van der Waals surface area contributed by atoms with Crippen molar-refractivity contribution in [1.82, 2.24) is 5.32 Å². The van der Waals surface area contributed by atoms with E-state index in [1.54, 1.807) is 0 Å². The van der Waals surface area contributed by atoms with E-state index in [0.29, 0.717) is 6.10 Å². The molecule has 3 aliphatic rings. The number of hydrogen-bond donors (Lipinski definition) is 1. The largest absolute Gasteiger partial charge is 0.377 e. The summed E-state index contributed by atoms with van der Waals surface area (Å²) in [4.78, 5) is 0. The molecule has 3 saturated carbocycles. The molecule has 0 aliphatic heterocycles. The molecule has 0 atom stereocenters. The average molecular weight is 209 g/mol. The lowest BCUT2D eigenvalue weighted by Crippen LogP contribution is -2.36. The molecule has 15 heavy (non-hydrogen) atoms. The molecule has 3 rings (SSSR count). The first-order valence-electron chi connectivity index (χ1n) is 6.78. The van der Waals surface area contributed by atoms with E-state index in [4.69, 9.17) is 4.74 Å². The van der Waals surface area contributed by atoms with E-state index in [1.165, 1.54) is 44.9 Å². The predicted octanol–water partition coefficient (Wildman–Crippen LogP) is 2.33. The normalized spacial score (nSPS) is 27.0. The Morgan fingerprint density at radius 3 is 2.13 bits per heavy atom. The molecule has 0 saturated heterocycles. The Morgan fingerprint density at radius 1 is 1.00 bits per heavy atom. The van der Waals surface area contributed by atoms with Crippen LogP contribution in [0.1, 0.15) is 44.9 Å². The molecule has 86 valence electrons. The molecule has 2 nitrogen and oxygen atoms in total. The topological polar surface area (TPSA) is 21.3 Å². The molecule has 3 aliphatic carbocycles. The van der Waals surface area contributed by atoms with E-state index in [9.17, 15) is 0 Å². The minimum absolute atomic E-state index is 0.604. The molecule has 0 heterocycles. The monoisotopic (exact) mass is 209 g/mol. The van der Waals surface area contributed by atoms with E-state index in [2.05, 4.69) is 5.32 Å². The Bertz CT molecular complexity index is 195. The van der Waals surface area contributed by atoms with Crippen molar-refractivity contribution in [1.29, 1.82) is 0 Å². The smallest absolute Gasteiger partial charge is 0.0594 e. The van der Waals surface area contributed by atoms with Gasteiger partial charge in [-0.1, -0.05) is 0 Å². The first kappa shape index (κ1) is 10.1. The molecular weight excluding hydrogens is 186 g/mol. The van der Waals surface area contributed by atoms with Gasteiger partial charge in [-0.2, -0.15) is 0 Å². The van der Waals surface area contributed by atoms with Gasteiger partial charge >= 0.3 is 0 Å². The van der Waals surface area contributed by atoms with Gasteiger partial charge in [0, 0.05) is 12.6 Å². The maximum Gasteiger partial charge on any atom is 0.0594 e. The van der Waals surface area contributed by atoms with Gasteiger partial charge in [0.1, 0.15) is 0 Å². The lowest BCUT2D eigenvalue weighted by Gasteiger charge is -2.26. The second-order valence-electron chi connectivity index (χ2n) is 5.58. The maximum absolute atomic E-state index is 5.77. The molecule has 0 aromatic rings. The molecule has 0 spiro atoms. The molecule has 0 bridgehead atoms. The lowest BCUT2D eigenvalue weighted by molar-refractivity contribution is 0.00311. The summed E-state index contributed by atoms with van der Waals surface area (Å²) >= 11 is 0. The first-order chi connectivity index (χ1) is 7.43. The van der Waals surface area contributed by atoms with Crippen molar-refractivity contribution >= 4 is 0 Å². The number of hydrogen-bond acceptors (Lipinski definition) is 2. The van der Waals surface area contributed by atoms with Gasteiger partial charge in [-0.05, 0) is 56.8 Å². The van der Waals surface area contributed by atoms with Crippen LogP contribution in [0.25, 0.3) is 0 Å². The van der Waals surface area contributed by atoms with Gasteiger partial charge < -0.3 is 10.1 Å². The van der Waals surface area contributed by atoms with E-state index >= 15 is 0 Å². The van der Waals surface area contributed by atoms with Gasteiger partial charge in [-0.15, -0.1) is 0 Å². The summed E-state index contributed by atoms with van der Waals surface area (Å²) in [6.45, 7) is 2.01. The molecule has 0 aromatic carbocycles. The number of rotatable bonds is 7. The summed E-state index contributed by atoms with van der Waals surface area (Å²) in [6.07, 6.45) is 10.5. The van der Waals surface area contributed by atoms with Crippen molar-refractivity contribution in [3.8, 4) is 0 Å². The predicted molar refractivity (Wildman–Crippen MR) is 60.8 cm³/mol. The second-order valence-corrected chi connectivity index (χ2v) is 5.58. The molecule has 0 unspecified atom stereocenters. The zero-order valence-corrected chi connectivity index (χ0v) is 9.58. The molecular formula is C13H23NO. The second kappa shape index (κ2) is 4.42. The number of nitrogens with one attached hydrogen (secondary N) is 1. The van der Waals surface area contributed by atoms with Gasteiger partial charge in [0.2, 0.25) is 0 Å². The Hall–Kier alpha value is -0.0800. The quantitative estimate of drug-likeness (QED) is 0.650. The third-order valence-electron chi connectivity index (χ3n) is 4.15. The highest BCUT2D eigenvalue weighted by Gasteiger charge is 2.40. The molecule has 0 aromatic heterocycles. The molecule has 2 heteroatoms. The highest BCUT2D eigenvalue weighted by Crippen LogP contribution is 2.44. The SMILES string of the molecule is C1CC(OCCNC(C2CC2)C2CC2)C1. The third kappa shape index (κ3) is 2.73. The van der Waals surface area contributed by atoms with Crippen LogP contribution in [0.2, 0.25) is 0 Å². The lowest BCUT2D eigenvalue weighted by atomic mass is 9.96. The maximum atomic E-state index is 5.77. The fraction of sp³-hybridized carbons (Fsp3) is 1.00. The summed E-state index contributed by atoms with van der Waals surface area (Å²) in [7, 11) is 0. The van der Waals surface area contributed by atoms with Crippen LogP contribution < -0.4 is 5.32 Å². The molecule has 1 N–H and O–H groups in total. The average Bonchev–Trinajstić information content (AvgIpc) is 2.99. The van der Waals surface area contributed by atoms with Crippen molar-refractivity contribution in [2.45, 2.75) is 57.1 Å². The fourth-order valence-corrected chi connectivity index (χ4v) is 2.62. The van der Waals surface area contributed by atoms with Crippen LogP contribution in [0.5, 0.6) is 0 Å². The summed E-state index contributed by atoms with van der Waals surface area (Å²) in [5, 5.41) is 3.72. The Morgan fingerprint density at radius 2 is 1.67 bits per heavy atom. The van der Waals surface area contributed by atoms with Crippen LogP contribution in [0.3, 0.4) is 0 Å². The van der Waals surface area contributed by atoms with Crippen molar-refractivity contribution in [3.05, 3.63) is 0 Å². The van der Waals surface area contributed by atoms with E-state index in [-0.39, 0.29) is 0 Å². The van der Waals surface area contributed by atoms with Gasteiger partial charge in [0.25, 0.3) is 0 Å². The highest BCUT2D eigenvalue weighted by molar-refractivity contribution is 4.96. The van der Waals surface area contributed by atoms with Crippen molar-refractivity contribution in [2.75, 3.05) is 13.2 Å². The highest BCUT2D eigenvalue weighted by atomic mass is 16.5.